The van der Waals surface area contributed by atoms with Crippen LogP contribution >= 0.6 is 0 Å². The first-order valence-corrected chi connectivity index (χ1v) is 12.7. The largest absolute Gasteiger partial charge is 0.479 e. The molecule has 2 aliphatic rings. The highest BCUT2D eigenvalue weighted by Crippen LogP contribution is 2.33. The summed E-state index contributed by atoms with van der Waals surface area (Å²) in [6, 6.07) is 17.9. The molecule has 0 bridgehead atoms. The number of hydrogen-bond donors (Lipinski definition) is 2. The Morgan fingerprint density at radius 3 is 2.53 bits per heavy atom. The van der Waals surface area contributed by atoms with Crippen LogP contribution in [-0.2, 0) is 19.6 Å². The molecular formula is C25H25N3O5S. The normalized spacial score (nSPS) is 19.2. The number of benzene rings is 3. The van der Waals surface area contributed by atoms with E-state index in [4.69, 9.17) is 4.74 Å². The molecule has 2 heterocycles. The first-order chi connectivity index (χ1) is 16.3. The van der Waals surface area contributed by atoms with Gasteiger partial charge in [0.1, 0.15) is 5.75 Å². The van der Waals surface area contributed by atoms with Crippen LogP contribution in [0.15, 0.2) is 65.6 Å². The summed E-state index contributed by atoms with van der Waals surface area (Å²) in [6.45, 7) is 2.22. The van der Waals surface area contributed by atoms with Gasteiger partial charge in [-0.1, -0.05) is 30.3 Å². The van der Waals surface area contributed by atoms with Crippen molar-refractivity contribution in [1.29, 1.82) is 0 Å². The van der Waals surface area contributed by atoms with E-state index in [1.165, 1.54) is 4.31 Å². The van der Waals surface area contributed by atoms with Crippen molar-refractivity contribution in [3.63, 3.8) is 0 Å². The molecule has 9 heteroatoms. The lowest BCUT2D eigenvalue weighted by molar-refractivity contribution is -0.122. The van der Waals surface area contributed by atoms with E-state index in [9.17, 15) is 18.0 Å². The Morgan fingerprint density at radius 1 is 1.03 bits per heavy atom. The lowest BCUT2D eigenvalue weighted by Gasteiger charge is -2.30. The highest BCUT2D eigenvalue weighted by atomic mass is 32.2. The van der Waals surface area contributed by atoms with Crippen LogP contribution in [0.5, 0.6) is 5.75 Å². The average molecular weight is 480 g/mol. The number of fused-ring (bicyclic) bond motifs is 2. The van der Waals surface area contributed by atoms with Crippen molar-refractivity contribution in [1.82, 2.24) is 4.31 Å². The summed E-state index contributed by atoms with van der Waals surface area (Å²) >= 11 is 0. The van der Waals surface area contributed by atoms with Crippen molar-refractivity contribution in [2.24, 2.45) is 5.92 Å². The molecule has 2 aliphatic heterocycles. The molecule has 0 aliphatic carbocycles. The number of ether oxygens (including phenoxy) is 1. The minimum atomic E-state index is -3.63. The number of piperidine rings is 1. The van der Waals surface area contributed by atoms with Gasteiger partial charge in [0.15, 0.2) is 6.10 Å². The maximum absolute atomic E-state index is 13.2. The SMILES string of the molecule is C[C@H]1Oc2ccc(NC(=O)C3CCN(S(=O)(=O)c4ccc5ccccc5c4)CC3)cc2NC1=O. The quantitative estimate of drug-likeness (QED) is 0.595. The molecule has 34 heavy (non-hydrogen) atoms. The third-order valence-electron chi connectivity index (χ3n) is 6.36. The minimum absolute atomic E-state index is 0.167. The van der Waals surface area contributed by atoms with Crippen LogP contribution in [0.4, 0.5) is 11.4 Å². The standard InChI is InChI=1S/C25H25N3O5S/c1-16-24(29)27-22-15-20(7-9-23(22)33-16)26-25(30)18-10-12-28(13-11-18)34(31,32)21-8-6-17-4-2-3-5-19(17)14-21/h2-9,14-16,18H,10-13H2,1H3,(H,26,30)(H,27,29)/t16-/m1/s1. The molecule has 2 amide bonds. The molecule has 5 rings (SSSR count). The molecular weight excluding hydrogens is 454 g/mol. The molecule has 0 saturated carbocycles. The predicted octanol–water partition coefficient (Wildman–Crippen LogP) is 3.60. The molecule has 0 unspecified atom stereocenters. The summed E-state index contributed by atoms with van der Waals surface area (Å²) in [4.78, 5) is 24.9. The van der Waals surface area contributed by atoms with Crippen molar-refractivity contribution >= 4 is 44.0 Å². The van der Waals surface area contributed by atoms with Gasteiger partial charge in [-0.15, -0.1) is 0 Å². The Kier molecular flexibility index (Phi) is 5.75. The number of anilines is 2. The number of hydrogen-bond acceptors (Lipinski definition) is 5. The summed E-state index contributed by atoms with van der Waals surface area (Å²) in [5, 5.41) is 7.50. The Balaban J connectivity index is 1.23. The molecule has 1 fully saturated rings. The maximum Gasteiger partial charge on any atom is 0.265 e. The third-order valence-corrected chi connectivity index (χ3v) is 8.26. The van der Waals surface area contributed by atoms with E-state index in [0.717, 1.165) is 10.8 Å². The van der Waals surface area contributed by atoms with Crippen molar-refractivity contribution < 1.29 is 22.7 Å². The number of carbonyl (C=O) groups excluding carboxylic acids is 2. The van der Waals surface area contributed by atoms with Crippen LogP contribution in [0, 0.1) is 5.92 Å². The number of amides is 2. The van der Waals surface area contributed by atoms with Crippen LogP contribution in [0.25, 0.3) is 10.8 Å². The summed E-state index contributed by atoms with van der Waals surface area (Å²) in [6.07, 6.45) is 0.297. The number of rotatable bonds is 4. The number of nitrogens with one attached hydrogen (secondary N) is 2. The average Bonchev–Trinajstić information content (AvgIpc) is 2.84. The smallest absolute Gasteiger partial charge is 0.265 e. The van der Waals surface area contributed by atoms with Gasteiger partial charge in [0.2, 0.25) is 15.9 Å². The van der Waals surface area contributed by atoms with E-state index in [1.807, 2.05) is 30.3 Å². The fraction of sp³-hybridized carbons (Fsp3) is 0.280. The van der Waals surface area contributed by atoms with E-state index in [0.29, 0.717) is 30.0 Å². The highest BCUT2D eigenvalue weighted by Gasteiger charge is 2.32. The fourth-order valence-corrected chi connectivity index (χ4v) is 5.87. The Hall–Kier alpha value is -3.43. The molecule has 176 valence electrons. The Labute approximate surface area is 197 Å². The van der Waals surface area contributed by atoms with E-state index >= 15 is 0 Å². The monoisotopic (exact) mass is 479 g/mol. The molecule has 0 radical (unpaired) electrons. The van der Waals surface area contributed by atoms with Crippen LogP contribution in [0.1, 0.15) is 19.8 Å². The second-order valence-corrected chi connectivity index (χ2v) is 10.6. The lowest BCUT2D eigenvalue weighted by Crippen LogP contribution is -2.41. The molecule has 2 N–H and O–H groups in total. The molecule has 3 aromatic rings. The van der Waals surface area contributed by atoms with Gasteiger partial charge in [0, 0.05) is 24.7 Å². The number of carbonyl (C=O) groups is 2. The predicted molar refractivity (Wildman–Crippen MR) is 129 cm³/mol. The van der Waals surface area contributed by atoms with Crippen molar-refractivity contribution in [3.05, 3.63) is 60.7 Å². The molecule has 3 aromatic carbocycles. The van der Waals surface area contributed by atoms with Gasteiger partial charge in [-0.05, 0) is 60.9 Å². The van der Waals surface area contributed by atoms with Gasteiger partial charge < -0.3 is 15.4 Å². The molecule has 8 nitrogen and oxygen atoms in total. The zero-order valence-electron chi connectivity index (χ0n) is 18.7. The number of nitrogens with zero attached hydrogens (tertiary/aromatic N) is 1. The third kappa shape index (κ3) is 4.24. The van der Waals surface area contributed by atoms with Gasteiger partial charge in [-0.2, -0.15) is 4.31 Å². The van der Waals surface area contributed by atoms with E-state index in [2.05, 4.69) is 10.6 Å². The summed E-state index contributed by atoms with van der Waals surface area (Å²) in [5.74, 6) is -0.155. The molecule has 0 spiro atoms. The van der Waals surface area contributed by atoms with E-state index in [-0.39, 0.29) is 35.7 Å². The van der Waals surface area contributed by atoms with Crippen LogP contribution in [-0.4, -0.2) is 43.7 Å². The van der Waals surface area contributed by atoms with E-state index in [1.54, 1.807) is 37.3 Å². The van der Waals surface area contributed by atoms with E-state index < -0.39 is 16.1 Å². The van der Waals surface area contributed by atoms with Crippen LogP contribution in [0.3, 0.4) is 0 Å². The first kappa shape index (κ1) is 22.4. The van der Waals surface area contributed by atoms with Gasteiger partial charge in [-0.25, -0.2) is 8.42 Å². The number of sulfonamides is 1. The van der Waals surface area contributed by atoms with Crippen molar-refractivity contribution in [2.45, 2.75) is 30.8 Å². The van der Waals surface area contributed by atoms with Crippen LogP contribution in [0.2, 0.25) is 0 Å². The van der Waals surface area contributed by atoms with Gasteiger partial charge in [0.25, 0.3) is 5.91 Å². The molecule has 1 atom stereocenters. The Morgan fingerprint density at radius 2 is 1.76 bits per heavy atom. The first-order valence-electron chi connectivity index (χ1n) is 11.2. The maximum atomic E-state index is 13.2. The summed E-state index contributed by atoms with van der Waals surface area (Å²) in [5.41, 5.74) is 1.06. The topological polar surface area (TPSA) is 105 Å². The van der Waals surface area contributed by atoms with Crippen LogP contribution < -0.4 is 15.4 Å². The fourth-order valence-electron chi connectivity index (χ4n) is 4.37. The van der Waals surface area contributed by atoms with Crippen molar-refractivity contribution in [3.8, 4) is 5.75 Å². The second kappa shape index (κ2) is 8.73. The zero-order chi connectivity index (χ0) is 23.9. The molecule has 1 saturated heterocycles. The van der Waals surface area contributed by atoms with Crippen molar-refractivity contribution in [2.75, 3.05) is 23.7 Å². The molecule has 0 aromatic heterocycles. The summed E-state index contributed by atoms with van der Waals surface area (Å²) < 4.78 is 33.3. The van der Waals surface area contributed by atoms with Gasteiger partial charge in [-0.3, -0.25) is 9.59 Å². The van der Waals surface area contributed by atoms with Gasteiger partial charge in [0.05, 0.1) is 10.6 Å². The zero-order valence-corrected chi connectivity index (χ0v) is 19.5. The second-order valence-electron chi connectivity index (χ2n) is 8.64. The Bertz CT molecular complexity index is 1380. The minimum Gasteiger partial charge on any atom is -0.479 e. The summed E-state index contributed by atoms with van der Waals surface area (Å²) in [7, 11) is -3.63. The van der Waals surface area contributed by atoms with Gasteiger partial charge >= 0.3 is 0 Å². The lowest BCUT2D eigenvalue weighted by atomic mass is 9.97. The highest BCUT2D eigenvalue weighted by molar-refractivity contribution is 7.89.